The molecule has 0 bridgehead atoms. The first kappa shape index (κ1) is 21.6. The van der Waals surface area contributed by atoms with Crippen molar-refractivity contribution in [3.05, 3.63) is 64.7 Å². The molecule has 29 heavy (non-hydrogen) atoms. The Morgan fingerprint density at radius 3 is 2.34 bits per heavy atom. The van der Waals surface area contributed by atoms with Crippen LogP contribution < -0.4 is 9.62 Å². The maximum atomic E-state index is 12.5. The van der Waals surface area contributed by atoms with E-state index < -0.39 is 10.0 Å². The van der Waals surface area contributed by atoms with Crippen LogP contribution in [0.4, 0.5) is 5.69 Å². The van der Waals surface area contributed by atoms with Crippen molar-refractivity contribution in [2.24, 2.45) is 0 Å². The number of carbonyl (C=O) groups is 1. The molecule has 2 aromatic carbocycles. The van der Waals surface area contributed by atoms with Crippen molar-refractivity contribution in [1.82, 2.24) is 10.2 Å². The van der Waals surface area contributed by atoms with E-state index in [0.717, 1.165) is 35.8 Å². The Morgan fingerprint density at radius 1 is 1.07 bits per heavy atom. The Balaban J connectivity index is 1.66. The Bertz CT molecular complexity index is 959. The van der Waals surface area contributed by atoms with E-state index in [0.29, 0.717) is 12.2 Å². The molecule has 156 valence electrons. The van der Waals surface area contributed by atoms with Crippen LogP contribution in [0.5, 0.6) is 0 Å². The van der Waals surface area contributed by atoms with Crippen LogP contribution in [0.1, 0.15) is 24.0 Å². The number of hydrogen-bond donors (Lipinski definition) is 1. The molecule has 0 spiro atoms. The number of likely N-dealkylation sites (tertiary alicyclic amines) is 1. The largest absolute Gasteiger partial charge is 0.350 e. The highest BCUT2D eigenvalue weighted by Crippen LogP contribution is 2.26. The van der Waals surface area contributed by atoms with Gasteiger partial charge in [0, 0.05) is 13.1 Å². The third kappa shape index (κ3) is 5.95. The van der Waals surface area contributed by atoms with E-state index in [1.165, 1.54) is 18.4 Å². The molecule has 3 rings (SSSR count). The minimum atomic E-state index is -3.66. The third-order valence-electron chi connectivity index (χ3n) is 5.00. The zero-order valence-electron chi connectivity index (χ0n) is 16.5. The molecule has 0 radical (unpaired) electrons. The van der Waals surface area contributed by atoms with Gasteiger partial charge in [-0.15, -0.1) is 0 Å². The summed E-state index contributed by atoms with van der Waals surface area (Å²) in [4.78, 5) is 14.9. The molecule has 1 aliphatic rings. The maximum Gasteiger partial charge on any atom is 0.241 e. The summed E-state index contributed by atoms with van der Waals surface area (Å²) in [5.74, 6) is -0.383. The number of carbonyl (C=O) groups excluding carboxylic acids is 1. The lowest BCUT2D eigenvalue weighted by molar-refractivity contribution is -0.119. The van der Waals surface area contributed by atoms with E-state index in [1.54, 1.807) is 24.3 Å². The molecule has 0 aromatic heterocycles. The predicted molar refractivity (Wildman–Crippen MR) is 116 cm³/mol. The third-order valence-corrected chi connectivity index (χ3v) is 6.44. The van der Waals surface area contributed by atoms with Gasteiger partial charge in [0.1, 0.15) is 6.54 Å². The Kier molecular flexibility index (Phi) is 7.16. The Morgan fingerprint density at radius 2 is 1.69 bits per heavy atom. The van der Waals surface area contributed by atoms with Crippen molar-refractivity contribution >= 4 is 33.2 Å². The zero-order chi connectivity index (χ0) is 20.9. The topological polar surface area (TPSA) is 69.7 Å². The van der Waals surface area contributed by atoms with Crippen LogP contribution >= 0.6 is 11.6 Å². The SMILES string of the molecule is CS(=O)(=O)N(CC(=O)NCc1ccccc1CN1CCCC1)c1ccccc1Cl. The average molecular weight is 436 g/mol. The van der Waals surface area contributed by atoms with Crippen molar-refractivity contribution < 1.29 is 13.2 Å². The summed E-state index contributed by atoms with van der Waals surface area (Å²) in [5.41, 5.74) is 2.51. The summed E-state index contributed by atoms with van der Waals surface area (Å²) >= 11 is 6.14. The second-order valence-electron chi connectivity index (χ2n) is 7.25. The number of sulfonamides is 1. The van der Waals surface area contributed by atoms with Gasteiger partial charge in [0.05, 0.1) is 17.0 Å². The second kappa shape index (κ2) is 9.61. The molecule has 1 amide bonds. The van der Waals surface area contributed by atoms with Crippen LogP contribution in [0.15, 0.2) is 48.5 Å². The molecule has 6 nitrogen and oxygen atoms in total. The Hall–Kier alpha value is -2.09. The number of rotatable bonds is 8. The van der Waals surface area contributed by atoms with Crippen LogP contribution in [0, 0.1) is 0 Å². The van der Waals surface area contributed by atoms with Gasteiger partial charge in [0.25, 0.3) is 0 Å². The first-order valence-corrected chi connectivity index (χ1v) is 11.9. The molecular formula is C21H26ClN3O3S. The van der Waals surface area contributed by atoms with E-state index in [4.69, 9.17) is 11.6 Å². The number of nitrogens with one attached hydrogen (secondary N) is 1. The number of para-hydroxylation sites is 1. The van der Waals surface area contributed by atoms with E-state index >= 15 is 0 Å². The van der Waals surface area contributed by atoms with Crippen LogP contribution in [0.2, 0.25) is 5.02 Å². The molecule has 1 fully saturated rings. The number of hydrogen-bond acceptors (Lipinski definition) is 4. The van der Waals surface area contributed by atoms with Crippen molar-refractivity contribution in [1.29, 1.82) is 0 Å². The molecule has 0 atom stereocenters. The van der Waals surface area contributed by atoms with Crippen LogP contribution in [-0.4, -0.2) is 45.1 Å². The standard InChI is InChI=1S/C21H26ClN3O3S/c1-29(27,28)25(20-11-5-4-10-19(20)22)16-21(26)23-14-17-8-2-3-9-18(17)15-24-12-6-7-13-24/h2-5,8-11H,6-7,12-16H2,1H3,(H,23,26). The van der Waals surface area contributed by atoms with Gasteiger partial charge in [-0.2, -0.15) is 0 Å². The average Bonchev–Trinajstić information content (AvgIpc) is 3.18. The fourth-order valence-corrected chi connectivity index (χ4v) is 4.64. The van der Waals surface area contributed by atoms with Gasteiger partial charge in [-0.25, -0.2) is 8.42 Å². The highest BCUT2D eigenvalue weighted by Gasteiger charge is 2.23. The van der Waals surface area contributed by atoms with Crippen LogP contribution in [-0.2, 0) is 27.9 Å². The summed E-state index contributed by atoms with van der Waals surface area (Å²) < 4.78 is 25.5. The highest BCUT2D eigenvalue weighted by molar-refractivity contribution is 7.92. The fraction of sp³-hybridized carbons (Fsp3) is 0.381. The fourth-order valence-electron chi connectivity index (χ4n) is 3.48. The van der Waals surface area contributed by atoms with Gasteiger partial charge < -0.3 is 5.32 Å². The monoisotopic (exact) mass is 435 g/mol. The molecule has 0 unspecified atom stereocenters. The summed E-state index contributed by atoms with van der Waals surface area (Å²) in [5, 5.41) is 3.13. The second-order valence-corrected chi connectivity index (χ2v) is 9.56. The molecule has 0 saturated carbocycles. The van der Waals surface area contributed by atoms with Crippen molar-refractivity contribution in [3.63, 3.8) is 0 Å². The molecular weight excluding hydrogens is 410 g/mol. The quantitative estimate of drug-likeness (QED) is 0.692. The van der Waals surface area contributed by atoms with Gasteiger partial charge in [0.2, 0.25) is 15.9 Å². The lowest BCUT2D eigenvalue weighted by Crippen LogP contribution is -2.40. The van der Waals surface area contributed by atoms with E-state index in [9.17, 15) is 13.2 Å². The number of amides is 1. The number of nitrogens with zero attached hydrogens (tertiary/aromatic N) is 2. The van der Waals surface area contributed by atoms with Gasteiger partial charge in [-0.05, 0) is 49.2 Å². The predicted octanol–water partition coefficient (Wildman–Crippen LogP) is 3.02. The molecule has 1 aliphatic heterocycles. The summed E-state index contributed by atoms with van der Waals surface area (Å²) in [6, 6.07) is 14.6. The van der Waals surface area contributed by atoms with Crippen LogP contribution in [0.25, 0.3) is 0 Å². The molecule has 8 heteroatoms. The highest BCUT2D eigenvalue weighted by atomic mass is 35.5. The van der Waals surface area contributed by atoms with Crippen molar-refractivity contribution in [2.45, 2.75) is 25.9 Å². The summed E-state index contributed by atoms with van der Waals surface area (Å²) in [7, 11) is -3.66. The zero-order valence-corrected chi connectivity index (χ0v) is 18.0. The summed E-state index contributed by atoms with van der Waals surface area (Å²) in [6.07, 6.45) is 3.51. The number of anilines is 1. The smallest absolute Gasteiger partial charge is 0.241 e. The molecule has 0 aliphatic carbocycles. The minimum Gasteiger partial charge on any atom is -0.350 e. The van der Waals surface area contributed by atoms with Gasteiger partial charge in [-0.1, -0.05) is 48.0 Å². The first-order chi connectivity index (χ1) is 13.8. The molecule has 1 saturated heterocycles. The number of benzene rings is 2. The minimum absolute atomic E-state index is 0.279. The van der Waals surface area contributed by atoms with Gasteiger partial charge in [0.15, 0.2) is 0 Å². The molecule has 1 heterocycles. The molecule has 2 aromatic rings. The van der Waals surface area contributed by atoms with Crippen molar-refractivity contribution in [2.75, 3.05) is 30.2 Å². The van der Waals surface area contributed by atoms with Crippen LogP contribution in [0.3, 0.4) is 0 Å². The first-order valence-electron chi connectivity index (χ1n) is 9.62. The van der Waals surface area contributed by atoms with E-state index in [-0.39, 0.29) is 17.5 Å². The van der Waals surface area contributed by atoms with Crippen molar-refractivity contribution in [3.8, 4) is 0 Å². The summed E-state index contributed by atoms with van der Waals surface area (Å²) in [6.45, 7) is 3.09. The molecule has 1 N–H and O–H groups in total. The lowest BCUT2D eigenvalue weighted by atomic mass is 10.1. The number of halogens is 1. The van der Waals surface area contributed by atoms with Gasteiger partial charge >= 0.3 is 0 Å². The Labute approximate surface area is 177 Å². The lowest BCUT2D eigenvalue weighted by Gasteiger charge is -2.23. The van der Waals surface area contributed by atoms with Gasteiger partial charge in [-0.3, -0.25) is 14.0 Å². The van der Waals surface area contributed by atoms with E-state index in [1.807, 2.05) is 18.2 Å². The van der Waals surface area contributed by atoms with E-state index in [2.05, 4.69) is 16.3 Å². The normalized spacial score (nSPS) is 14.7. The maximum absolute atomic E-state index is 12.5.